The summed E-state index contributed by atoms with van der Waals surface area (Å²) in [7, 11) is 1.40. The fourth-order valence-electron chi connectivity index (χ4n) is 2.60. The number of carbonyl (C=O) groups is 1. The van der Waals surface area contributed by atoms with E-state index in [2.05, 4.69) is 0 Å². The van der Waals surface area contributed by atoms with Gasteiger partial charge in [0.15, 0.2) is 0 Å². The maximum Gasteiger partial charge on any atom is 0.416 e. The molecule has 1 aliphatic heterocycles. The van der Waals surface area contributed by atoms with Crippen molar-refractivity contribution < 1.29 is 27.8 Å². The predicted molar refractivity (Wildman–Crippen MR) is 73.0 cm³/mol. The van der Waals surface area contributed by atoms with Crippen LogP contribution in [0.5, 0.6) is 0 Å². The lowest BCUT2D eigenvalue weighted by Gasteiger charge is -2.27. The van der Waals surface area contributed by atoms with Crippen molar-refractivity contribution in [1.82, 2.24) is 4.90 Å². The van der Waals surface area contributed by atoms with E-state index < -0.39 is 30.0 Å². The van der Waals surface area contributed by atoms with E-state index in [1.54, 1.807) is 6.92 Å². The van der Waals surface area contributed by atoms with Crippen molar-refractivity contribution in [2.24, 2.45) is 0 Å². The zero-order chi connectivity index (χ0) is 16.5. The summed E-state index contributed by atoms with van der Waals surface area (Å²) in [4.78, 5) is 13.7. The van der Waals surface area contributed by atoms with E-state index in [0.29, 0.717) is 12.0 Å². The topological polar surface area (TPSA) is 49.8 Å². The van der Waals surface area contributed by atoms with E-state index in [1.807, 2.05) is 0 Å². The number of alkyl halides is 3. The Balaban J connectivity index is 2.23. The SMILES string of the molecule is COC(C)C(=O)N1CC(O)CC1c1ccc(C(F)(F)F)cc1. The number of nitrogens with zero attached hydrogens (tertiary/aromatic N) is 1. The van der Waals surface area contributed by atoms with Crippen molar-refractivity contribution >= 4 is 5.91 Å². The molecule has 4 nitrogen and oxygen atoms in total. The highest BCUT2D eigenvalue weighted by Gasteiger charge is 2.37. The fraction of sp³-hybridized carbons (Fsp3) is 0.533. The van der Waals surface area contributed by atoms with Crippen molar-refractivity contribution in [3.8, 4) is 0 Å². The zero-order valence-corrected chi connectivity index (χ0v) is 12.3. The van der Waals surface area contributed by atoms with E-state index in [9.17, 15) is 23.1 Å². The van der Waals surface area contributed by atoms with Crippen molar-refractivity contribution in [2.45, 2.75) is 37.8 Å². The van der Waals surface area contributed by atoms with E-state index in [4.69, 9.17) is 4.74 Å². The molecule has 1 N–H and O–H groups in total. The predicted octanol–water partition coefficient (Wildman–Crippen LogP) is 2.37. The Morgan fingerprint density at radius 3 is 2.45 bits per heavy atom. The third-order valence-corrected chi connectivity index (χ3v) is 3.89. The molecule has 0 saturated carbocycles. The Morgan fingerprint density at radius 1 is 1.36 bits per heavy atom. The molecular formula is C15H18F3NO3. The van der Waals surface area contributed by atoms with Crippen molar-refractivity contribution in [1.29, 1.82) is 0 Å². The van der Waals surface area contributed by atoms with Gasteiger partial charge in [-0.1, -0.05) is 12.1 Å². The molecule has 1 aromatic rings. The van der Waals surface area contributed by atoms with Crippen molar-refractivity contribution in [2.75, 3.05) is 13.7 Å². The summed E-state index contributed by atoms with van der Waals surface area (Å²) in [6.45, 7) is 1.75. The first-order chi connectivity index (χ1) is 10.2. The standard InChI is InChI=1S/C15H18F3NO3/c1-9(22-2)14(21)19-8-12(20)7-13(19)10-3-5-11(6-4-10)15(16,17)18/h3-6,9,12-13,20H,7-8H2,1-2H3. The van der Waals surface area contributed by atoms with Gasteiger partial charge in [0.1, 0.15) is 6.10 Å². The third-order valence-electron chi connectivity index (χ3n) is 3.89. The summed E-state index contributed by atoms with van der Waals surface area (Å²) >= 11 is 0. The van der Waals surface area contributed by atoms with Gasteiger partial charge >= 0.3 is 6.18 Å². The molecule has 0 bridgehead atoms. The summed E-state index contributed by atoms with van der Waals surface area (Å²) in [6, 6.07) is 4.24. The number of benzene rings is 1. The summed E-state index contributed by atoms with van der Waals surface area (Å²) in [6.07, 6.45) is -5.45. The molecule has 0 aliphatic carbocycles. The van der Waals surface area contributed by atoms with Gasteiger partial charge in [0.2, 0.25) is 0 Å². The average molecular weight is 317 g/mol. The molecular weight excluding hydrogens is 299 g/mol. The number of likely N-dealkylation sites (tertiary alicyclic amines) is 1. The van der Waals surface area contributed by atoms with Crippen LogP contribution < -0.4 is 0 Å². The summed E-state index contributed by atoms with van der Waals surface area (Å²) < 4.78 is 42.8. The van der Waals surface area contributed by atoms with E-state index in [0.717, 1.165) is 12.1 Å². The molecule has 7 heteroatoms. The van der Waals surface area contributed by atoms with E-state index in [-0.39, 0.29) is 12.5 Å². The summed E-state index contributed by atoms with van der Waals surface area (Å²) in [5.41, 5.74) is -0.167. The van der Waals surface area contributed by atoms with Crippen LogP contribution in [0.2, 0.25) is 0 Å². The van der Waals surface area contributed by atoms with E-state index in [1.165, 1.54) is 24.1 Å². The van der Waals surface area contributed by atoms with Crippen LogP contribution >= 0.6 is 0 Å². The molecule has 2 rings (SSSR count). The van der Waals surface area contributed by atoms with Crippen LogP contribution in [0.3, 0.4) is 0 Å². The molecule has 22 heavy (non-hydrogen) atoms. The molecule has 0 radical (unpaired) electrons. The fourth-order valence-corrected chi connectivity index (χ4v) is 2.60. The molecule has 3 atom stereocenters. The molecule has 0 aromatic heterocycles. The first-order valence-electron chi connectivity index (χ1n) is 6.92. The van der Waals surface area contributed by atoms with Crippen LogP contribution in [0.4, 0.5) is 13.2 Å². The number of halogens is 3. The Labute approximate surface area is 126 Å². The second-order valence-electron chi connectivity index (χ2n) is 5.39. The number of β-amino-alcohol motifs (C(OH)–C–C–N with tert-alkyl or cyclic N) is 1. The Bertz CT molecular complexity index is 530. The minimum Gasteiger partial charge on any atom is -0.391 e. The van der Waals surface area contributed by atoms with Crippen molar-refractivity contribution in [3.63, 3.8) is 0 Å². The van der Waals surface area contributed by atoms with Crippen LogP contribution in [0.25, 0.3) is 0 Å². The number of rotatable bonds is 3. The first-order valence-corrected chi connectivity index (χ1v) is 6.92. The van der Waals surface area contributed by atoms with Gasteiger partial charge in [0.25, 0.3) is 5.91 Å². The smallest absolute Gasteiger partial charge is 0.391 e. The highest BCUT2D eigenvalue weighted by Crippen LogP contribution is 2.35. The van der Waals surface area contributed by atoms with Gasteiger partial charge in [0, 0.05) is 13.7 Å². The van der Waals surface area contributed by atoms with Crippen LogP contribution in [-0.4, -0.2) is 41.8 Å². The second kappa shape index (κ2) is 6.26. The maximum absolute atomic E-state index is 12.6. The number of amides is 1. The van der Waals surface area contributed by atoms with Gasteiger partial charge < -0.3 is 14.7 Å². The lowest BCUT2D eigenvalue weighted by atomic mass is 10.0. The zero-order valence-electron chi connectivity index (χ0n) is 12.3. The largest absolute Gasteiger partial charge is 0.416 e. The molecule has 1 amide bonds. The molecule has 1 aliphatic rings. The van der Waals surface area contributed by atoms with Gasteiger partial charge in [-0.15, -0.1) is 0 Å². The average Bonchev–Trinajstić information content (AvgIpc) is 2.86. The highest BCUT2D eigenvalue weighted by atomic mass is 19.4. The number of carbonyl (C=O) groups excluding carboxylic acids is 1. The van der Waals surface area contributed by atoms with Crippen molar-refractivity contribution in [3.05, 3.63) is 35.4 Å². The number of methoxy groups -OCH3 is 1. The monoisotopic (exact) mass is 317 g/mol. The summed E-state index contributed by atoms with van der Waals surface area (Å²) in [5.74, 6) is -0.288. The summed E-state index contributed by atoms with van der Waals surface area (Å²) in [5, 5.41) is 9.80. The van der Waals surface area contributed by atoms with Gasteiger partial charge in [-0.05, 0) is 31.0 Å². The minimum atomic E-state index is -4.40. The molecule has 3 unspecified atom stereocenters. The Morgan fingerprint density at radius 2 is 1.95 bits per heavy atom. The Hall–Kier alpha value is -1.60. The number of aliphatic hydroxyl groups excluding tert-OH is 1. The van der Waals surface area contributed by atoms with E-state index >= 15 is 0 Å². The Kier molecular flexibility index (Phi) is 4.77. The normalized spacial score (nSPS) is 23.6. The third kappa shape index (κ3) is 3.41. The highest BCUT2D eigenvalue weighted by molar-refractivity contribution is 5.81. The van der Waals surface area contributed by atoms with Crippen LogP contribution in [0.15, 0.2) is 24.3 Å². The van der Waals surface area contributed by atoms with Gasteiger partial charge in [-0.2, -0.15) is 13.2 Å². The number of hydrogen-bond donors (Lipinski definition) is 1. The van der Waals surface area contributed by atoms with Gasteiger partial charge in [-0.25, -0.2) is 0 Å². The van der Waals surface area contributed by atoms with Crippen LogP contribution in [0, 0.1) is 0 Å². The number of hydrogen-bond acceptors (Lipinski definition) is 3. The van der Waals surface area contributed by atoms with Gasteiger partial charge in [-0.3, -0.25) is 4.79 Å². The van der Waals surface area contributed by atoms with Crippen LogP contribution in [-0.2, 0) is 15.7 Å². The molecule has 122 valence electrons. The van der Waals surface area contributed by atoms with Crippen LogP contribution in [0.1, 0.15) is 30.5 Å². The first kappa shape index (κ1) is 16.8. The molecule has 1 saturated heterocycles. The number of aliphatic hydroxyl groups is 1. The number of ether oxygens (including phenoxy) is 1. The minimum absolute atomic E-state index is 0.151. The lowest BCUT2D eigenvalue weighted by molar-refractivity contribution is -0.142. The quantitative estimate of drug-likeness (QED) is 0.931. The molecule has 1 fully saturated rings. The molecule has 1 aromatic carbocycles. The molecule has 1 heterocycles. The maximum atomic E-state index is 12.6. The van der Waals surface area contributed by atoms with Gasteiger partial charge in [0.05, 0.1) is 17.7 Å². The lowest BCUT2D eigenvalue weighted by Crippen LogP contribution is -2.39. The second-order valence-corrected chi connectivity index (χ2v) is 5.39. The molecule has 0 spiro atoms.